The summed E-state index contributed by atoms with van der Waals surface area (Å²) in [6, 6.07) is 10.4. The van der Waals surface area contributed by atoms with Crippen LogP contribution in [0.1, 0.15) is 47.4 Å². The first-order chi connectivity index (χ1) is 17.7. The standard InChI is InChI=1S/C28H34FN3O5/c1-17-14-32(28(35)21-7-5-6-8-23(21)29)18(2)16-37-24-13-20(30-26(33)19-9-10-19)11-12-22(24)27(34)31(3)15-25(17)36-4/h5-8,11-13,17-19,25H,9-10,14-16H2,1-4H3,(H,30,33)/t17-,18+,25+/m1/s1. The second-order valence-electron chi connectivity index (χ2n) is 10.0. The third kappa shape index (κ3) is 6.10. The summed E-state index contributed by atoms with van der Waals surface area (Å²) in [6.07, 6.45) is 1.39. The second kappa shape index (κ2) is 11.3. The molecule has 4 rings (SSSR count). The van der Waals surface area contributed by atoms with E-state index < -0.39 is 17.8 Å². The van der Waals surface area contributed by atoms with Gasteiger partial charge in [-0.15, -0.1) is 0 Å². The summed E-state index contributed by atoms with van der Waals surface area (Å²) in [4.78, 5) is 42.3. The van der Waals surface area contributed by atoms with E-state index in [1.165, 1.54) is 12.1 Å². The molecular formula is C28H34FN3O5. The van der Waals surface area contributed by atoms with Crippen molar-refractivity contribution < 1.29 is 28.2 Å². The summed E-state index contributed by atoms with van der Waals surface area (Å²) in [5, 5.41) is 2.88. The van der Waals surface area contributed by atoms with Gasteiger partial charge in [-0.1, -0.05) is 19.1 Å². The molecule has 1 fully saturated rings. The zero-order chi connectivity index (χ0) is 26.7. The highest BCUT2D eigenvalue weighted by molar-refractivity contribution is 5.99. The fourth-order valence-electron chi connectivity index (χ4n) is 4.51. The number of hydrogen-bond donors (Lipinski definition) is 1. The van der Waals surface area contributed by atoms with Crippen molar-refractivity contribution in [1.82, 2.24) is 9.80 Å². The van der Waals surface area contributed by atoms with Gasteiger partial charge in [-0.25, -0.2) is 4.39 Å². The molecule has 1 aliphatic heterocycles. The number of likely N-dealkylation sites (N-methyl/N-ethyl adjacent to an activating group) is 1. The van der Waals surface area contributed by atoms with Crippen molar-refractivity contribution in [2.45, 2.75) is 38.8 Å². The van der Waals surface area contributed by atoms with Gasteiger partial charge in [0.2, 0.25) is 5.91 Å². The van der Waals surface area contributed by atoms with Crippen molar-refractivity contribution in [3.05, 3.63) is 59.4 Å². The summed E-state index contributed by atoms with van der Waals surface area (Å²) >= 11 is 0. The van der Waals surface area contributed by atoms with Gasteiger partial charge in [-0.05, 0) is 44.0 Å². The Morgan fingerprint density at radius 3 is 2.51 bits per heavy atom. The molecule has 0 radical (unpaired) electrons. The number of carbonyl (C=O) groups is 3. The highest BCUT2D eigenvalue weighted by Gasteiger charge is 2.32. The lowest BCUT2D eigenvalue weighted by molar-refractivity contribution is -0.117. The largest absolute Gasteiger partial charge is 0.491 e. The average molecular weight is 512 g/mol. The number of hydrogen-bond acceptors (Lipinski definition) is 5. The Labute approximate surface area is 216 Å². The summed E-state index contributed by atoms with van der Waals surface area (Å²) in [5.41, 5.74) is 0.864. The maximum Gasteiger partial charge on any atom is 0.257 e. The van der Waals surface area contributed by atoms with Crippen molar-refractivity contribution >= 4 is 23.4 Å². The van der Waals surface area contributed by atoms with E-state index in [1.807, 2.05) is 13.8 Å². The van der Waals surface area contributed by atoms with Crippen molar-refractivity contribution in [1.29, 1.82) is 0 Å². The van der Waals surface area contributed by atoms with Gasteiger partial charge in [0.05, 0.1) is 23.3 Å². The molecule has 2 aliphatic rings. The summed E-state index contributed by atoms with van der Waals surface area (Å²) < 4.78 is 26.3. The fourth-order valence-corrected chi connectivity index (χ4v) is 4.51. The van der Waals surface area contributed by atoms with Gasteiger partial charge in [-0.3, -0.25) is 14.4 Å². The molecule has 2 aromatic rings. The number of fused-ring (bicyclic) bond motifs is 1. The number of amides is 3. The topological polar surface area (TPSA) is 88.2 Å². The van der Waals surface area contributed by atoms with Crippen LogP contribution in [0, 0.1) is 17.7 Å². The highest BCUT2D eigenvalue weighted by atomic mass is 19.1. The third-order valence-electron chi connectivity index (χ3n) is 7.03. The van der Waals surface area contributed by atoms with Crippen LogP contribution >= 0.6 is 0 Å². The van der Waals surface area contributed by atoms with Gasteiger partial charge >= 0.3 is 0 Å². The third-order valence-corrected chi connectivity index (χ3v) is 7.03. The van der Waals surface area contributed by atoms with Gasteiger partial charge in [-0.2, -0.15) is 0 Å². The normalized spacial score (nSPS) is 22.8. The first-order valence-electron chi connectivity index (χ1n) is 12.6. The van der Waals surface area contributed by atoms with Gasteiger partial charge in [0.25, 0.3) is 11.8 Å². The molecule has 8 nitrogen and oxygen atoms in total. The Balaban J connectivity index is 1.67. The van der Waals surface area contributed by atoms with Crippen LogP contribution in [0.2, 0.25) is 0 Å². The number of nitrogens with zero attached hydrogens (tertiary/aromatic N) is 2. The van der Waals surface area contributed by atoms with E-state index in [4.69, 9.17) is 9.47 Å². The molecule has 0 aromatic heterocycles. The lowest BCUT2D eigenvalue weighted by Gasteiger charge is -2.36. The number of methoxy groups -OCH3 is 1. The minimum atomic E-state index is -0.589. The minimum Gasteiger partial charge on any atom is -0.491 e. The van der Waals surface area contributed by atoms with Crippen molar-refractivity contribution in [2.75, 3.05) is 39.2 Å². The van der Waals surface area contributed by atoms with Gasteiger partial charge < -0.3 is 24.6 Å². The molecule has 1 aliphatic carbocycles. The molecule has 3 atom stereocenters. The lowest BCUT2D eigenvalue weighted by atomic mass is 10.0. The summed E-state index contributed by atoms with van der Waals surface area (Å²) in [5.74, 6) is -1.14. The number of halogens is 1. The van der Waals surface area contributed by atoms with Crippen LogP contribution < -0.4 is 10.1 Å². The van der Waals surface area contributed by atoms with Gasteiger partial charge in [0.1, 0.15) is 18.2 Å². The summed E-state index contributed by atoms with van der Waals surface area (Å²) in [7, 11) is 3.26. The molecule has 0 unspecified atom stereocenters. The number of benzene rings is 2. The Morgan fingerprint density at radius 2 is 1.84 bits per heavy atom. The molecule has 0 bridgehead atoms. The van der Waals surface area contributed by atoms with Crippen LogP contribution in [0.15, 0.2) is 42.5 Å². The van der Waals surface area contributed by atoms with Gasteiger partial charge in [0.15, 0.2) is 0 Å². The molecule has 2 aromatic carbocycles. The van der Waals surface area contributed by atoms with Crippen molar-refractivity contribution in [3.8, 4) is 5.75 Å². The lowest BCUT2D eigenvalue weighted by Crippen LogP contribution is -2.48. The molecule has 0 spiro atoms. The van der Waals surface area contributed by atoms with Crippen LogP contribution in [0.3, 0.4) is 0 Å². The SMILES string of the molecule is CO[C@H]1CN(C)C(=O)c2ccc(NC(=O)C3CC3)cc2OC[C@H](C)N(C(=O)c2ccccc2F)C[C@H]1C. The van der Waals surface area contributed by atoms with E-state index in [9.17, 15) is 18.8 Å². The Kier molecular flexibility index (Phi) is 8.12. The minimum absolute atomic E-state index is 0.0135. The number of nitrogens with one attached hydrogen (secondary N) is 1. The second-order valence-corrected chi connectivity index (χ2v) is 10.0. The number of carbonyl (C=O) groups excluding carboxylic acids is 3. The zero-order valence-electron chi connectivity index (χ0n) is 21.7. The molecule has 0 saturated heterocycles. The molecule has 9 heteroatoms. The quantitative estimate of drug-likeness (QED) is 0.674. The Morgan fingerprint density at radius 1 is 1.11 bits per heavy atom. The fraction of sp³-hybridized carbons (Fsp3) is 0.464. The monoisotopic (exact) mass is 511 g/mol. The predicted octanol–water partition coefficient (Wildman–Crippen LogP) is 3.82. The van der Waals surface area contributed by atoms with Crippen LogP contribution in [0.25, 0.3) is 0 Å². The maximum atomic E-state index is 14.5. The molecule has 1 heterocycles. The first-order valence-corrected chi connectivity index (χ1v) is 12.6. The molecule has 3 amide bonds. The van der Waals surface area contributed by atoms with E-state index in [1.54, 1.807) is 54.3 Å². The van der Waals surface area contributed by atoms with E-state index in [-0.39, 0.29) is 55.0 Å². The molecule has 1 N–H and O–H groups in total. The molecule has 37 heavy (non-hydrogen) atoms. The molecule has 198 valence electrons. The van der Waals surface area contributed by atoms with Crippen molar-refractivity contribution in [3.63, 3.8) is 0 Å². The van der Waals surface area contributed by atoms with Gasteiger partial charge in [0, 0.05) is 50.8 Å². The maximum absolute atomic E-state index is 14.5. The number of anilines is 1. The van der Waals surface area contributed by atoms with E-state index in [0.29, 0.717) is 17.0 Å². The Bertz CT molecular complexity index is 1170. The van der Waals surface area contributed by atoms with Crippen molar-refractivity contribution in [2.24, 2.45) is 11.8 Å². The van der Waals surface area contributed by atoms with Crippen LogP contribution in [0.4, 0.5) is 10.1 Å². The average Bonchev–Trinajstić information content (AvgIpc) is 3.73. The molecular weight excluding hydrogens is 477 g/mol. The van der Waals surface area contributed by atoms with Crippen LogP contribution in [0.5, 0.6) is 5.75 Å². The Hall–Kier alpha value is -3.46. The first kappa shape index (κ1) is 26.6. The number of ether oxygens (including phenoxy) is 2. The summed E-state index contributed by atoms with van der Waals surface area (Å²) in [6.45, 7) is 4.39. The van der Waals surface area contributed by atoms with E-state index in [0.717, 1.165) is 12.8 Å². The van der Waals surface area contributed by atoms with E-state index >= 15 is 0 Å². The van der Waals surface area contributed by atoms with Crippen LogP contribution in [-0.4, -0.2) is 73.5 Å². The van der Waals surface area contributed by atoms with Crippen LogP contribution in [-0.2, 0) is 9.53 Å². The predicted molar refractivity (Wildman–Crippen MR) is 137 cm³/mol. The van der Waals surface area contributed by atoms with E-state index in [2.05, 4.69) is 5.32 Å². The zero-order valence-corrected chi connectivity index (χ0v) is 21.7. The smallest absolute Gasteiger partial charge is 0.257 e. The highest BCUT2D eigenvalue weighted by Crippen LogP contribution is 2.32. The molecule has 1 saturated carbocycles. The number of rotatable bonds is 4.